The van der Waals surface area contributed by atoms with Crippen LogP contribution in [0.15, 0.2) is 0 Å². The van der Waals surface area contributed by atoms with Gasteiger partial charge in [-0.05, 0) is 76.5 Å². The van der Waals surface area contributed by atoms with E-state index in [0.717, 1.165) is 37.0 Å². The third-order valence-electron chi connectivity index (χ3n) is 6.40. The van der Waals surface area contributed by atoms with Gasteiger partial charge in [-0.15, -0.1) is 0 Å². The van der Waals surface area contributed by atoms with Crippen molar-refractivity contribution >= 4 is 11.9 Å². The van der Waals surface area contributed by atoms with E-state index in [2.05, 4.69) is 0 Å². The predicted molar refractivity (Wildman–Crippen MR) is 86.6 cm³/mol. The molecule has 0 N–H and O–H groups in total. The Bertz CT molecular complexity index is 448. The summed E-state index contributed by atoms with van der Waals surface area (Å²) in [5, 5.41) is 0. The summed E-state index contributed by atoms with van der Waals surface area (Å²) in [4.78, 5) is 24.7. The van der Waals surface area contributed by atoms with Crippen molar-refractivity contribution in [1.29, 1.82) is 0 Å². The van der Waals surface area contributed by atoms with E-state index in [0.29, 0.717) is 13.0 Å². The molecule has 4 nitrogen and oxygen atoms in total. The van der Waals surface area contributed by atoms with Crippen LogP contribution in [0.4, 0.5) is 0 Å². The number of carbonyl (C=O) groups excluding carboxylic acids is 2. The molecule has 4 rings (SSSR count). The lowest BCUT2D eigenvalue weighted by Crippen LogP contribution is -2.53. The topological polar surface area (TPSA) is 52.6 Å². The molecule has 0 radical (unpaired) electrons. The Morgan fingerprint density at radius 3 is 2.00 bits per heavy atom. The second kappa shape index (κ2) is 6.10. The summed E-state index contributed by atoms with van der Waals surface area (Å²) in [6.07, 6.45) is 7.80. The van der Waals surface area contributed by atoms with E-state index in [9.17, 15) is 9.59 Å². The van der Waals surface area contributed by atoms with Crippen LogP contribution in [0, 0.1) is 23.2 Å². The molecule has 1 atom stereocenters. The van der Waals surface area contributed by atoms with E-state index in [1.165, 1.54) is 19.3 Å². The van der Waals surface area contributed by atoms with E-state index in [-0.39, 0.29) is 24.0 Å². The van der Waals surface area contributed by atoms with Gasteiger partial charge >= 0.3 is 11.9 Å². The average Bonchev–Trinajstić information content (AvgIpc) is 2.45. The average molecular weight is 322 g/mol. The molecule has 1 unspecified atom stereocenters. The number of ether oxygens (including phenoxy) is 2. The first-order valence-electron chi connectivity index (χ1n) is 9.27. The molecule has 4 bridgehead atoms. The molecule has 130 valence electrons. The second-order valence-corrected chi connectivity index (χ2v) is 8.39. The van der Waals surface area contributed by atoms with Gasteiger partial charge in [0.15, 0.2) is 0 Å². The van der Waals surface area contributed by atoms with E-state index < -0.39 is 5.41 Å². The molecule has 0 aliphatic heterocycles. The van der Waals surface area contributed by atoms with Crippen molar-refractivity contribution in [1.82, 2.24) is 0 Å². The highest BCUT2D eigenvalue weighted by atomic mass is 16.6. The van der Waals surface area contributed by atoms with Crippen LogP contribution in [0.2, 0.25) is 0 Å². The highest BCUT2D eigenvalue weighted by molar-refractivity contribution is 5.83. The van der Waals surface area contributed by atoms with Gasteiger partial charge in [0.25, 0.3) is 0 Å². The molecule has 0 aromatic rings. The van der Waals surface area contributed by atoms with Crippen LogP contribution in [0.5, 0.6) is 0 Å². The molecule has 0 saturated heterocycles. The Morgan fingerprint density at radius 1 is 1.04 bits per heavy atom. The van der Waals surface area contributed by atoms with Gasteiger partial charge in [0.1, 0.15) is 5.60 Å². The van der Waals surface area contributed by atoms with Crippen molar-refractivity contribution in [3.05, 3.63) is 0 Å². The van der Waals surface area contributed by atoms with Gasteiger partial charge < -0.3 is 9.47 Å². The molecular formula is C19H30O4. The van der Waals surface area contributed by atoms with Gasteiger partial charge in [-0.25, -0.2) is 0 Å². The van der Waals surface area contributed by atoms with Crippen LogP contribution < -0.4 is 0 Å². The van der Waals surface area contributed by atoms with Gasteiger partial charge in [0.2, 0.25) is 0 Å². The molecule has 23 heavy (non-hydrogen) atoms. The number of esters is 2. The normalized spacial score (nSPS) is 37.3. The number of hydrogen-bond acceptors (Lipinski definition) is 4. The van der Waals surface area contributed by atoms with E-state index in [1.807, 2.05) is 13.8 Å². The molecule has 0 aromatic heterocycles. The van der Waals surface area contributed by atoms with E-state index in [4.69, 9.17) is 9.47 Å². The zero-order valence-corrected chi connectivity index (χ0v) is 14.7. The van der Waals surface area contributed by atoms with Gasteiger partial charge in [-0.2, -0.15) is 0 Å². The molecule has 4 fully saturated rings. The minimum Gasteiger partial charge on any atom is -0.466 e. The van der Waals surface area contributed by atoms with Crippen LogP contribution >= 0.6 is 0 Å². The molecule has 4 saturated carbocycles. The van der Waals surface area contributed by atoms with Gasteiger partial charge in [0.05, 0.1) is 18.4 Å². The second-order valence-electron chi connectivity index (χ2n) is 8.39. The van der Waals surface area contributed by atoms with Crippen molar-refractivity contribution in [2.75, 3.05) is 6.61 Å². The monoisotopic (exact) mass is 322 g/mol. The largest absolute Gasteiger partial charge is 0.466 e. The first-order chi connectivity index (χ1) is 10.9. The molecule has 0 amide bonds. The van der Waals surface area contributed by atoms with E-state index >= 15 is 0 Å². The van der Waals surface area contributed by atoms with E-state index in [1.54, 1.807) is 6.92 Å². The Hall–Kier alpha value is -1.06. The molecule has 4 aliphatic carbocycles. The standard InChI is InChI=1S/C19H30O4/c1-4-18(3,17(21)22-5-2)12-16(20)23-19-9-13-6-14(10-19)8-15(7-13)11-19/h13-15H,4-12H2,1-3H3. The third kappa shape index (κ3) is 3.27. The minimum absolute atomic E-state index is 0.129. The van der Waals surface area contributed by atoms with Crippen LogP contribution in [0.1, 0.15) is 72.1 Å². The summed E-state index contributed by atoms with van der Waals surface area (Å²) < 4.78 is 11.2. The Kier molecular flexibility index (Phi) is 4.45. The van der Waals surface area contributed by atoms with Gasteiger partial charge in [-0.1, -0.05) is 6.92 Å². The molecule has 0 spiro atoms. The molecular weight excluding hydrogens is 292 g/mol. The summed E-state index contributed by atoms with van der Waals surface area (Å²) in [5.41, 5.74) is -0.996. The smallest absolute Gasteiger partial charge is 0.312 e. The fourth-order valence-corrected chi connectivity index (χ4v) is 5.40. The lowest BCUT2D eigenvalue weighted by Gasteiger charge is -2.55. The van der Waals surface area contributed by atoms with Crippen LogP contribution in [0.3, 0.4) is 0 Å². The highest BCUT2D eigenvalue weighted by Crippen LogP contribution is 2.57. The highest BCUT2D eigenvalue weighted by Gasteiger charge is 2.53. The first kappa shape index (κ1) is 16.8. The maximum atomic E-state index is 12.6. The molecule has 0 aromatic carbocycles. The Morgan fingerprint density at radius 2 is 1.57 bits per heavy atom. The SMILES string of the molecule is CCOC(=O)C(C)(CC)CC(=O)OC12CC3CC(CC(C3)C1)C2. The van der Waals surface area contributed by atoms with Crippen molar-refractivity contribution in [3.8, 4) is 0 Å². The zero-order valence-electron chi connectivity index (χ0n) is 14.7. The fraction of sp³-hybridized carbons (Fsp3) is 0.895. The lowest BCUT2D eigenvalue weighted by atomic mass is 9.54. The number of hydrogen-bond donors (Lipinski definition) is 0. The summed E-state index contributed by atoms with van der Waals surface area (Å²) in [7, 11) is 0. The minimum atomic E-state index is -0.768. The van der Waals surface area contributed by atoms with Crippen LogP contribution in [0.25, 0.3) is 0 Å². The number of rotatable bonds is 6. The molecule has 0 heterocycles. The predicted octanol–water partition coefficient (Wildman–Crippen LogP) is 3.87. The first-order valence-corrected chi connectivity index (χ1v) is 9.27. The van der Waals surface area contributed by atoms with Crippen molar-refractivity contribution in [2.24, 2.45) is 23.2 Å². The summed E-state index contributed by atoms with van der Waals surface area (Å²) in [6.45, 7) is 5.88. The maximum Gasteiger partial charge on any atom is 0.312 e. The quantitative estimate of drug-likeness (QED) is 0.697. The Labute approximate surface area is 139 Å². The lowest BCUT2D eigenvalue weighted by molar-refractivity contribution is -0.191. The zero-order chi connectivity index (χ0) is 16.7. The summed E-state index contributed by atoms with van der Waals surface area (Å²) in [6, 6.07) is 0. The van der Waals surface area contributed by atoms with Crippen molar-refractivity contribution < 1.29 is 19.1 Å². The molecule has 4 aliphatic rings. The number of carbonyl (C=O) groups is 2. The molecule has 4 heteroatoms. The van der Waals surface area contributed by atoms with Gasteiger partial charge in [-0.3, -0.25) is 9.59 Å². The van der Waals surface area contributed by atoms with Gasteiger partial charge in [0, 0.05) is 0 Å². The Balaban J connectivity index is 1.64. The maximum absolute atomic E-state index is 12.6. The van der Waals surface area contributed by atoms with Crippen molar-refractivity contribution in [3.63, 3.8) is 0 Å². The van der Waals surface area contributed by atoms with Crippen LogP contribution in [-0.2, 0) is 19.1 Å². The summed E-state index contributed by atoms with van der Waals surface area (Å²) >= 11 is 0. The van der Waals surface area contributed by atoms with Crippen molar-refractivity contribution in [2.45, 2.75) is 77.7 Å². The fourth-order valence-electron chi connectivity index (χ4n) is 5.40. The third-order valence-corrected chi connectivity index (χ3v) is 6.40. The summed E-state index contributed by atoms with van der Waals surface area (Å²) in [5.74, 6) is 1.74. The van der Waals surface area contributed by atoms with Crippen LogP contribution in [-0.4, -0.2) is 24.1 Å².